The molecule has 1 aliphatic rings. The van der Waals surface area contributed by atoms with Gasteiger partial charge in [-0.05, 0) is 55.0 Å². The van der Waals surface area contributed by atoms with Crippen molar-refractivity contribution in [1.82, 2.24) is 14.9 Å². The first-order valence-corrected chi connectivity index (χ1v) is 10.9. The molecule has 3 heterocycles. The lowest BCUT2D eigenvalue weighted by molar-refractivity contribution is 0.0692. The van der Waals surface area contributed by atoms with Gasteiger partial charge >= 0.3 is 0 Å². The number of likely N-dealkylation sites (tertiary alicyclic amines) is 1. The van der Waals surface area contributed by atoms with E-state index in [1.165, 1.54) is 5.56 Å². The van der Waals surface area contributed by atoms with Crippen molar-refractivity contribution in [3.63, 3.8) is 0 Å². The molecule has 154 valence electrons. The molecule has 2 aromatic heterocycles. The third kappa shape index (κ3) is 4.19. The highest BCUT2D eigenvalue weighted by Gasteiger charge is 2.25. The third-order valence-electron chi connectivity index (χ3n) is 6.17. The second kappa shape index (κ2) is 8.68. The highest BCUT2D eigenvalue weighted by atomic mass is 16.2. The summed E-state index contributed by atoms with van der Waals surface area (Å²) in [6.45, 7) is 1.60. The Labute approximate surface area is 182 Å². The van der Waals surface area contributed by atoms with Crippen LogP contribution in [-0.4, -0.2) is 33.9 Å². The van der Waals surface area contributed by atoms with Crippen molar-refractivity contribution >= 4 is 16.8 Å². The minimum Gasteiger partial charge on any atom is -0.339 e. The van der Waals surface area contributed by atoms with Crippen molar-refractivity contribution in [3.8, 4) is 11.3 Å². The van der Waals surface area contributed by atoms with Gasteiger partial charge in [-0.2, -0.15) is 0 Å². The van der Waals surface area contributed by atoms with Gasteiger partial charge in [0.25, 0.3) is 5.91 Å². The van der Waals surface area contributed by atoms with E-state index in [1.807, 2.05) is 47.4 Å². The molecule has 4 heteroatoms. The van der Waals surface area contributed by atoms with Crippen LogP contribution in [0.25, 0.3) is 22.2 Å². The maximum absolute atomic E-state index is 13.5. The number of benzene rings is 2. The number of aromatic nitrogens is 2. The minimum absolute atomic E-state index is 0.0990. The SMILES string of the molecule is O=C(c1cc(-c2cccnc2)nc2ccccc12)N1CCC(Cc2ccccc2)CC1. The first-order chi connectivity index (χ1) is 15.3. The predicted octanol–water partition coefficient (Wildman–Crippen LogP) is 5.39. The zero-order valence-corrected chi connectivity index (χ0v) is 17.4. The second-order valence-electron chi connectivity index (χ2n) is 8.24. The molecule has 1 saturated heterocycles. The molecule has 4 aromatic rings. The van der Waals surface area contributed by atoms with Gasteiger partial charge in [-0.25, -0.2) is 4.98 Å². The Balaban J connectivity index is 1.38. The first kappa shape index (κ1) is 19.4. The lowest BCUT2D eigenvalue weighted by Crippen LogP contribution is -2.39. The number of nitrogens with zero attached hydrogens (tertiary/aromatic N) is 3. The van der Waals surface area contributed by atoms with Gasteiger partial charge in [0, 0.05) is 36.4 Å². The molecule has 0 atom stereocenters. The van der Waals surface area contributed by atoms with Gasteiger partial charge in [0.05, 0.1) is 16.8 Å². The molecular weight excluding hydrogens is 382 g/mol. The number of pyridine rings is 2. The van der Waals surface area contributed by atoms with Crippen LogP contribution in [0.5, 0.6) is 0 Å². The van der Waals surface area contributed by atoms with Crippen molar-refractivity contribution in [2.45, 2.75) is 19.3 Å². The fourth-order valence-electron chi connectivity index (χ4n) is 4.47. The Morgan fingerprint density at radius 3 is 2.48 bits per heavy atom. The average Bonchev–Trinajstić information content (AvgIpc) is 2.84. The normalized spacial score (nSPS) is 14.6. The zero-order chi connectivity index (χ0) is 21.0. The Morgan fingerprint density at radius 2 is 1.71 bits per heavy atom. The smallest absolute Gasteiger partial charge is 0.254 e. The van der Waals surface area contributed by atoms with E-state index >= 15 is 0 Å². The zero-order valence-electron chi connectivity index (χ0n) is 17.4. The number of para-hydroxylation sites is 1. The van der Waals surface area contributed by atoms with E-state index in [2.05, 4.69) is 35.3 Å². The number of fused-ring (bicyclic) bond motifs is 1. The lowest BCUT2D eigenvalue weighted by Gasteiger charge is -2.32. The van der Waals surface area contributed by atoms with E-state index < -0.39 is 0 Å². The molecule has 1 fully saturated rings. The highest BCUT2D eigenvalue weighted by molar-refractivity contribution is 6.07. The number of amides is 1. The molecule has 0 radical (unpaired) electrons. The van der Waals surface area contributed by atoms with E-state index in [0.717, 1.165) is 60.1 Å². The summed E-state index contributed by atoms with van der Waals surface area (Å²) in [5, 5.41) is 0.909. The van der Waals surface area contributed by atoms with Crippen molar-refractivity contribution < 1.29 is 4.79 Å². The summed E-state index contributed by atoms with van der Waals surface area (Å²) in [6, 6.07) is 24.3. The van der Waals surface area contributed by atoms with Crippen LogP contribution < -0.4 is 0 Å². The summed E-state index contributed by atoms with van der Waals surface area (Å²) < 4.78 is 0. The fraction of sp³-hybridized carbons (Fsp3) is 0.222. The van der Waals surface area contributed by atoms with Gasteiger partial charge in [0.15, 0.2) is 0 Å². The van der Waals surface area contributed by atoms with Gasteiger partial charge in [0.2, 0.25) is 0 Å². The van der Waals surface area contributed by atoms with Gasteiger partial charge < -0.3 is 4.90 Å². The summed E-state index contributed by atoms with van der Waals surface area (Å²) >= 11 is 0. The fourth-order valence-corrected chi connectivity index (χ4v) is 4.47. The van der Waals surface area contributed by atoms with Crippen LogP contribution in [0, 0.1) is 5.92 Å². The summed E-state index contributed by atoms with van der Waals surface area (Å²) in [7, 11) is 0. The van der Waals surface area contributed by atoms with Crippen LogP contribution in [0.4, 0.5) is 0 Å². The number of carbonyl (C=O) groups excluding carboxylic acids is 1. The number of rotatable bonds is 4. The first-order valence-electron chi connectivity index (χ1n) is 10.9. The monoisotopic (exact) mass is 407 g/mol. The molecule has 0 unspecified atom stereocenters. The van der Waals surface area contributed by atoms with Crippen LogP contribution in [0.3, 0.4) is 0 Å². The molecule has 1 aliphatic heterocycles. The Morgan fingerprint density at radius 1 is 0.935 bits per heavy atom. The predicted molar refractivity (Wildman–Crippen MR) is 124 cm³/mol. The molecule has 2 aromatic carbocycles. The molecule has 0 spiro atoms. The van der Waals surface area contributed by atoms with E-state index in [-0.39, 0.29) is 5.91 Å². The Bertz CT molecular complexity index is 1180. The minimum atomic E-state index is 0.0990. The van der Waals surface area contributed by atoms with Crippen molar-refractivity contribution in [2.24, 2.45) is 5.92 Å². The summed E-state index contributed by atoms with van der Waals surface area (Å²) in [5.74, 6) is 0.730. The highest BCUT2D eigenvalue weighted by Crippen LogP contribution is 2.28. The number of piperidine rings is 1. The molecular formula is C27H25N3O. The maximum atomic E-state index is 13.5. The van der Waals surface area contributed by atoms with Crippen LogP contribution in [0.1, 0.15) is 28.8 Å². The number of hydrogen-bond donors (Lipinski definition) is 0. The molecule has 4 nitrogen and oxygen atoms in total. The average molecular weight is 408 g/mol. The quantitative estimate of drug-likeness (QED) is 0.455. The molecule has 0 saturated carbocycles. The lowest BCUT2D eigenvalue weighted by atomic mass is 9.90. The number of hydrogen-bond acceptors (Lipinski definition) is 3. The Kier molecular flexibility index (Phi) is 5.44. The van der Waals surface area contributed by atoms with Gasteiger partial charge in [-0.3, -0.25) is 9.78 Å². The second-order valence-corrected chi connectivity index (χ2v) is 8.24. The van der Waals surface area contributed by atoms with E-state index in [4.69, 9.17) is 4.98 Å². The van der Waals surface area contributed by atoms with Crippen LogP contribution >= 0.6 is 0 Å². The third-order valence-corrected chi connectivity index (χ3v) is 6.17. The van der Waals surface area contributed by atoms with Crippen LogP contribution in [0.2, 0.25) is 0 Å². The molecule has 31 heavy (non-hydrogen) atoms. The summed E-state index contributed by atoms with van der Waals surface area (Å²) in [4.78, 5) is 24.5. The largest absolute Gasteiger partial charge is 0.339 e. The Hall–Kier alpha value is -3.53. The van der Waals surface area contributed by atoms with E-state index in [1.54, 1.807) is 12.4 Å². The number of carbonyl (C=O) groups is 1. The standard InChI is InChI=1S/C27H25N3O/c31-27(30-15-12-21(13-16-30)17-20-7-2-1-3-8-20)24-18-26(22-9-6-14-28-19-22)29-25-11-5-4-10-23(24)25/h1-11,14,18-19,21H,12-13,15-17H2. The molecule has 0 aliphatic carbocycles. The van der Waals surface area contributed by atoms with Gasteiger partial charge in [0.1, 0.15) is 0 Å². The molecule has 0 N–H and O–H groups in total. The molecule has 5 rings (SSSR count). The topological polar surface area (TPSA) is 46.1 Å². The van der Waals surface area contributed by atoms with Crippen molar-refractivity contribution in [1.29, 1.82) is 0 Å². The summed E-state index contributed by atoms with van der Waals surface area (Å²) in [6.07, 6.45) is 6.71. The van der Waals surface area contributed by atoms with Crippen LogP contribution in [-0.2, 0) is 6.42 Å². The van der Waals surface area contributed by atoms with Crippen molar-refractivity contribution in [3.05, 3.63) is 96.3 Å². The van der Waals surface area contributed by atoms with E-state index in [9.17, 15) is 4.79 Å². The molecule has 0 bridgehead atoms. The van der Waals surface area contributed by atoms with Gasteiger partial charge in [-0.1, -0.05) is 48.5 Å². The summed E-state index contributed by atoms with van der Waals surface area (Å²) in [5.41, 5.74) is 4.66. The van der Waals surface area contributed by atoms with Gasteiger partial charge in [-0.15, -0.1) is 0 Å². The molecule has 1 amide bonds. The van der Waals surface area contributed by atoms with E-state index in [0.29, 0.717) is 5.92 Å². The van der Waals surface area contributed by atoms with Crippen molar-refractivity contribution in [2.75, 3.05) is 13.1 Å². The maximum Gasteiger partial charge on any atom is 0.254 e. The van der Waals surface area contributed by atoms with Crippen LogP contribution in [0.15, 0.2) is 85.2 Å².